The zero-order valence-electron chi connectivity index (χ0n) is 5.55. The van der Waals surface area contributed by atoms with Crippen LogP contribution in [0, 0.1) is 0 Å². The molecule has 0 atom stereocenters. The number of amides is 1. The molecule has 0 bridgehead atoms. The summed E-state index contributed by atoms with van der Waals surface area (Å²) in [6.45, 7) is 0. The Hall–Kier alpha value is -0.830. The number of alkyl halides is 3. The van der Waals surface area contributed by atoms with E-state index in [9.17, 15) is 26.4 Å². The summed E-state index contributed by atoms with van der Waals surface area (Å²) < 4.78 is 55.1. The van der Waals surface area contributed by atoms with E-state index in [1.807, 2.05) is 0 Å². The van der Waals surface area contributed by atoms with Gasteiger partial charge in [0.25, 0.3) is 10.2 Å². The molecule has 0 aliphatic carbocycles. The van der Waals surface area contributed by atoms with Crippen molar-refractivity contribution < 1.29 is 26.4 Å². The lowest BCUT2D eigenvalue weighted by Crippen LogP contribution is -2.38. The largest absolute Gasteiger partial charge is 0.397 e. The van der Waals surface area contributed by atoms with Crippen LogP contribution in [0.3, 0.4) is 0 Å². The van der Waals surface area contributed by atoms with Gasteiger partial charge in [0.1, 0.15) is 6.42 Å². The second-order valence-electron chi connectivity index (χ2n) is 1.86. The van der Waals surface area contributed by atoms with Crippen molar-refractivity contribution in [1.82, 2.24) is 4.72 Å². The molecule has 0 saturated carbocycles. The maximum Gasteiger partial charge on any atom is 0.397 e. The fourth-order valence-corrected chi connectivity index (χ4v) is 0.766. The van der Waals surface area contributed by atoms with Crippen molar-refractivity contribution in [3.63, 3.8) is 0 Å². The molecule has 0 aliphatic rings. The SMILES string of the molecule is NS(=O)(=O)NC(=O)CC(F)(F)F. The van der Waals surface area contributed by atoms with Gasteiger partial charge in [0.2, 0.25) is 5.91 Å². The van der Waals surface area contributed by atoms with Crippen molar-refractivity contribution in [3.05, 3.63) is 0 Å². The molecule has 72 valence electrons. The number of carbonyl (C=O) groups is 1. The number of carbonyl (C=O) groups excluding carboxylic acids is 1. The predicted molar refractivity (Wildman–Crippen MR) is 31.9 cm³/mol. The summed E-state index contributed by atoms with van der Waals surface area (Å²) in [4.78, 5) is 10.2. The van der Waals surface area contributed by atoms with Gasteiger partial charge in [-0.25, -0.2) is 9.86 Å². The van der Waals surface area contributed by atoms with Crippen LogP contribution in [0.2, 0.25) is 0 Å². The number of halogens is 3. The van der Waals surface area contributed by atoms with Crippen LogP contribution >= 0.6 is 0 Å². The van der Waals surface area contributed by atoms with Crippen molar-refractivity contribution in [3.8, 4) is 0 Å². The zero-order valence-corrected chi connectivity index (χ0v) is 6.37. The van der Waals surface area contributed by atoms with Gasteiger partial charge in [-0.3, -0.25) is 4.79 Å². The summed E-state index contributed by atoms with van der Waals surface area (Å²) in [5.74, 6) is -1.70. The van der Waals surface area contributed by atoms with Crippen LogP contribution in [-0.4, -0.2) is 20.5 Å². The lowest BCUT2D eigenvalue weighted by atomic mass is 10.4. The highest BCUT2D eigenvalue weighted by atomic mass is 32.2. The number of rotatable bonds is 2. The molecule has 0 radical (unpaired) electrons. The second-order valence-corrected chi connectivity index (χ2v) is 3.16. The third-order valence-corrected chi connectivity index (χ3v) is 1.13. The van der Waals surface area contributed by atoms with Gasteiger partial charge >= 0.3 is 6.18 Å². The van der Waals surface area contributed by atoms with E-state index >= 15 is 0 Å². The van der Waals surface area contributed by atoms with Crippen LogP contribution in [0.1, 0.15) is 6.42 Å². The van der Waals surface area contributed by atoms with Crippen molar-refractivity contribution in [2.75, 3.05) is 0 Å². The van der Waals surface area contributed by atoms with E-state index in [0.717, 1.165) is 4.72 Å². The van der Waals surface area contributed by atoms with Crippen LogP contribution in [0.25, 0.3) is 0 Å². The third kappa shape index (κ3) is 7.28. The first kappa shape index (κ1) is 11.2. The number of nitrogens with two attached hydrogens (primary N) is 1. The highest BCUT2D eigenvalue weighted by Crippen LogP contribution is 2.18. The molecular formula is C3H5F3N2O3S. The monoisotopic (exact) mass is 206 g/mol. The Morgan fingerprint density at radius 1 is 1.42 bits per heavy atom. The van der Waals surface area contributed by atoms with Gasteiger partial charge in [-0.15, -0.1) is 0 Å². The third-order valence-electron chi connectivity index (χ3n) is 0.617. The standard InChI is InChI=1S/C3H5F3N2O3S/c4-3(5,6)1-2(9)8-12(7,10)11/h1H2,(H,8,9)(H2,7,10,11). The molecule has 1 amide bonds. The van der Waals surface area contributed by atoms with Crippen molar-refractivity contribution in [2.24, 2.45) is 5.14 Å². The van der Waals surface area contributed by atoms with Gasteiger partial charge in [0, 0.05) is 0 Å². The van der Waals surface area contributed by atoms with E-state index in [-0.39, 0.29) is 0 Å². The van der Waals surface area contributed by atoms with E-state index < -0.39 is 28.7 Å². The maximum atomic E-state index is 11.4. The first-order valence-electron chi connectivity index (χ1n) is 2.50. The summed E-state index contributed by atoms with van der Waals surface area (Å²) in [6, 6.07) is 0. The molecule has 0 fully saturated rings. The highest BCUT2D eigenvalue weighted by molar-refractivity contribution is 7.87. The second kappa shape index (κ2) is 3.27. The molecule has 0 unspecified atom stereocenters. The molecule has 12 heavy (non-hydrogen) atoms. The fourth-order valence-electron chi connectivity index (χ4n) is 0.377. The van der Waals surface area contributed by atoms with Gasteiger partial charge in [-0.05, 0) is 0 Å². The van der Waals surface area contributed by atoms with E-state index in [1.165, 1.54) is 0 Å². The molecule has 0 aromatic carbocycles. The minimum atomic E-state index is -4.74. The Morgan fingerprint density at radius 2 is 1.83 bits per heavy atom. The summed E-state index contributed by atoms with van der Waals surface area (Å²) >= 11 is 0. The summed E-state index contributed by atoms with van der Waals surface area (Å²) in [5.41, 5.74) is 0. The van der Waals surface area contributed by atoms with E-state index in [4.69, 9.17) is 0 Å². The van der Waals surface area contributed by atoms with Crippen LogP contribution in [-0.2, 0) is 15.0 Å². The van der Waals surface area contributed by atoms with E-state index in [2.05, 4.69) is 5.14 Å². The van der Waals surface area contributed by atoms with E-state index in [1.54, 1.807) is 0 Å². The zero-order chi connectivity index (χ0) is 9.99. The Labute approximate surface area is 65.9 Å². The minimum Gasteiger partial charge on any atom is -0.274 e. The summed E-state index contributed by atoms with van der Waals surface area (Å²) in [5, 5.41) is 4.23. The Bertz CT molecular complexity index is 269. The Morgan fingerprint density at radius 3 is 2.08 bits per heavy atom. The molecule has 9 heteroatoms. The van der Waals surface area contributed by atoms with Crippen LogP contribution in [0.5, 0.6) is 0 Å². The lowest BCUT2D eigenvalue weighted by Gasteiger charge is -2.04. The topological polar surface area (TPSA) is 89.3 Å². The number of hydrogen-bond donors (Lipinski definition) is 2. The van der Waals surface area contributed by atoms with Crippen LogP contribution in [0.15, 0.2) is 0 Å². The molecule has 0 rings (SSSR count). The molecule has 0 aliphatic heterocycles. The van der Waals surface area contributed by atoms with Gasteiger partial charge in [-0.2, -0.15) is 21.6 Å². The fraction of sp³-hybridized carbons (Fsp3) is 0.667. The Kier molecular flexibility index (Phi) is 3.04. The first-order valence-corrected chi connectivity index (χ1v) is 4.05. The predicted octanol–water partition coefficient (Wildman–Crippen LogP) is -0.741. The summed E-state index contributed by atoms with van der Waals surface area (Å²) in [7, 11) is -4.40. The number of hydrogen-bond acceptors (Lipinski definition) is 3. The summed E-state index contributed by atoms with van der Waals surface area (Å²) in [6.07, 6.45) is -6.61. The van der Waals surface area contributed by atoms with Crippen LogP contribution in [0.4, 0.5) is 13.2 Å². The molecule has 5 nitrogen and oxygen atoms in total. The van der Waals surface area contributed by atoms with E-state index in [0.29, 0.717) is 0 Å². The number of nitrogens with one attached hydrogen (secondary N) is 1. The molecule has 0 aromatic rings. The maximum absolute atomic E-state index is 11.4. The average Bonchev–Trinajstić information content (AvgIpc) is 1.49. The van der Waals surface area contributed by atoms with Crippen molar-refractivity contribution in [2.45, 2.75) is 12.6 Å². The minimum absolute atomic E-state index is 0.967. The molecule has 0 spiro atoms. The molecule has 3 N–H and O–H groups in total. The molecule has 0 heterocycles. The molecule has 0 saturated heterocycles. The molecule has 0 aromatic heterocycles. The average molecular weight is 206 g/mol. The first-order chi connectivity index (χ1) is 5.10. The van der Waals surface area contributed by atoms with Gasteiger partial charge in [-0.1, -0.05) is 0 Å². The smallest absolute Gasteiger partial charge is 0.274 e. The van der Waals surface area contributed by atoms with Crippen LogP contribution < -0.4 is 9.86 Å². The van der Waals surface area contributed by atoms with Crippen molar-refractivity contribution >= 4 is 16.1 Å². The lowest BCUT2D eigenvalue weighted by molar-refractivity contribution is -0.152. The van der Waals surface area contributed by atoms with Gasteiger partial charge < -0.3 is 0 Å². The molecular weight excluding hydrogens is 201 g/mol. The quantitative estimate of drug-likeness (QED) is 0.623. The normalized spacial score (nSPS) is 12.7. The van der Waals surface area contributed by atoms with Gasteiger partial charge in [0.05, 0.1) is 0 Å². The Balaban J connectivity index is 4.10. The van der Waals surface area contributed by atoms with Gasteiger partial charge in [0.15, 0.2) is 0 Å². The highest BCUT2D eigenvalue weighted by Gasteiger charge is 2.32. The van der Waals surface area contributed by atoms with Crippen molar-refractivity contribution in [1.29, 1.82) is 0 Å².